The van der Waals surface area contributed by atoms with Crippen LogP contribution in [0.3, 0.4) is 0 Å². The Morgan fingerprint density at radius 1 is 1.12 bits per heavy atom. The Labute approximate surface area is 189 Å². The summed E-state index contributed by atoms with van der Waals surface area (Å²) in [5.74, 6) is -0.594. The third kappa shape index (κ3) is 4.70. The lowest BCUT2D eigenvalue weighted by Gasteiger charge is -2.19. The van der Waals surface area contributed by atoms with E-state index in [0.717, 1.165) is 15.9 Å². The molecule has 0 bridgehead atoms. The Kier molecular flexibility index (Phi) is 5.84. The second-order valence-corrected chi connectivity index (χ2v) is 9.18. The van der Waals surface area contributed by atoms with Gasteiger partial charge in [-0.05, 0) is 30.3 Å². The predicted octanol–water partition coefficient (Wildman–Crippen LogP) is 2.80. The first kappa shape index (κ1) is 22.0. The number of H-pyrrole nitrogens is 1. The fraction of sp³-hybridized carbons (Fsp3) is 0.143. The monoisotopic (exact) mass is 467 g/mol. The lowest BCUT2D eigenvalue weighted by Crippen LogP contribution is -2.26. The van der Waals surface area contributed by atoms with Gasteiger partial charge in [-0.1, -0.05) is 12.1 Å². The number of carboxylic acid groups (broad SMARTS) is 1. The van der Waals surface area contributed by atoms with Crippen molar-refractivity contribution in [2.45, 2.75) is 6.54 Å². The number of carbonyl (C=O) groups is 1. The van der Waals surface area contributed by atoms with E-state index in [9.17, 15) is 18.3 Å². The third-order valence-electron chi connectivity index (χ3n) is 4.93. The third-order valence-corrected chi connectivity index (χ3v) is 6.10. The van der Waals surface area contributed by atoms with E-state index in [-0.39, 0.29) is 23.9 Å². The normalized spacial score (nSPS) is 11.3. The molecule has 0 saturated carbocycles. The minimum atomic E-state index is -3.50. The Bertz CT molecular complexity index is 1440. The van der Waals surface area contributed by atoms with Crippen LogP contribution < -0.4 is 14.9 Å². The summed E-state index contributed by atoms with van der Waals surface area (Å²) >= 11 is 0. The molecule has 4 aromatic rings. The summed E-state index contributed by atoms with van der Waals surface area (Å²) in [6.45, 7) is 0.239. The SMILES string of the molecule is CN(c1ncccc1NCc1nc(Nc2ccccc2C(=O)O)nc2[nH]ccc12)S(C)(=O)=O. The lowest BCUT2D eigenvalue weighted by atomic mass is 10.2. The minimum absolute atomic E-state index is 0.0937. The number of aromatic amines is 1. The van der Waals surface area contributed by atoms with Crippen molar-refractivity contribution >= 4 is 50.2 Å². The molecule has 0 radical (unpaired) electrons. The van der Waals surface area contributed by atoms with E-state index in [1.165, 1.54) is 19.3 Å². The highest BCUT2D eigenvalue weighted by molar-refractivity contribution is 7.92. The van der Waals surface area contributed by atoms with Gasteiger partial charge in [-0.15, -0.1) is 0 Å². The van der Waals surface area contributed by atoms with Crippen molar-refractivity contribution in [3.05, 3.63) is 66.1 Å². The molecule has 0 amide bonds. The van der Waals surface area contributed by atoms with Crippen LogP contribution in [0, 0.1) is 0 Å². The standard InChI is InChI=1S/C21H21N7O4S/c1-28(33(2,31)32)19-16(8-5-10-23-19)24-12-17-13-9-11-22-18(13)27-21(26-17)25-15-7-4-3-6-14(15)20(29)30/h3-11,24H,12H2,1-2H3,(H,29,30)(H2,22,25,26,27). The summed E-state index contributed by atoms with van der Waals surface area (Å²) in [6, 6.07) is 11.7. The van der Waals surface area contributed by atoms with E-state index in [2.05, 4.69) is 30.6 Å². The van der Waals surface area contributed by atoms with Gasteiger partial charge in [-0.3, -0.25) is 4.31 Å². The molecule has 12 heteroatoms. The maximum absolute atomic E-state index is 12.0. The summed E-state index contributed by atoms with van der Waals surface area (Å²) in [4.78, 5) is 27.7. The number of sulfonamides is 1. The first-order valence-corrected chi connectivity index (χ1v) is 11.6. The zero-order chi connectivity index (χ0) is 23.6. The van der Waals surface area contributed by atoms with Gasteiger partial charge >= 0.3 is 5.97 Å². The highest BCUT2D eigenvalue weighted by Crippen LogP contribution is 2.26. The van der Waals surface area contributed by atoms with Crippen molar-refractivity contribution in [1.29, 1.82) is 0 Å². The van der Waals surface area contributed by atoms with Crippen LogP contribution in [0.1, 0.15) is 16.1 Å². The average molecular weight is 468 g/mol. The number of pyridine rings is 1. The first-order chi connectivity index (χ1) is 15.7. The highest BCUT2D eigenvalue weighted by Gasteiger charge is 2.18. The van der Waals surface area contributed by atoms with Crippen molar-refractivity contribution in [3.63, 3.8) is 0 Å². The number of hydrogen-bond acceptors (Lipinski definition) is 8. The van der Waals surface area contributed by atoms with Gasteiger partial charge < -0.3 is 20.7 Å². The topological polar surface area (TPSA) is 153 Å². The van der Waals surface area contributed by atoms with Gasteiger partial charge in [0.2, 0.25) is 16.0 Å². The van der Waals surface area contributed by atoms with Gasteiger partial charge in [0.25, 0.3) is 0 Å². The molecule has 0 fully saturated rings. The molecule has 1 aromatic carbocycles. The molecule has 33 heavy (non-hydrogen) atoms. The number of nitrogens with zero attached hydrogens (tertiary/aromatic N) is 4. The lowest BCUT2D eigenvalue weighted by molar-refractivity contribution is 0.0698. The Morgan fingerprint density at radius 3 is 2.64 bits per heavy atom. The van der Waals surface area contributed by atoms with E-state index in [1.54, 1.807) is 36.5 Å². The van der Waals surface area contributed by atoms with E-state index in [4.69, 9.17) is 0 Å². The molecule has 3 aromatic heterocycles. The van der Waals surface area contributed by atoms with E-state index in [0.29, 0.717) is 22.7 Å². The number of fused-ring (bicyclic) bond motifs is 1. The molecule has 11 nitrogen and oxygen atoms in total. The number of nitrogens with one attached hydrogen (secondary N) is 3. The van der Waals surface area contributed by atoms with Crippen LogP contribution in [-0.2, 0) is 16.6 Å². The second-order valence-electron chi connectivity index (χ2n) is 7.17. The van der Waals surface area contributed by atoms with Crippen molar-refractivity contribution in [2.75, 3.05) is 28.2 Å². The Morgan fingerprint density at radius 2 is 1.88 bits per heavy atom. The Hall–Kier alpha value is -4.19. The van der Waals surface area contributed by atoms with Gasteiger partial charge in [-0.25, -0.2) is 23.2 Å². The van der Waals surface area contributed by atoms with Crippen LogP contribution in [0.5, 0.6) is 0 Å². The number of aromatic nitrogens is 4. The number of aromatic carboxylic acids is 1. The van der Waals surface area contributed by atoms with Crippen molar-refractivity contribution in [1.82, 2.24) is 19.9 Å². The molecule has 4 N–H and O–H groups in total. The molecular formula is C21H21N7O4S. The fourth-order valence-corrected chi connectivity index (χ4v) is 3.68. The second kappa shape index (κ2) is 8.74. The van der Waals surface area contributed by atoms with Crippen LogP contribution in [0.4, 0.5) is 23.1 Å². The number of benzene rings is 1. The molecule has 0 spiro atoms. The smallest absolute Gasteiger partial charge is 0.337 e. The maximum atomic E-state index is 12.0. The fourth-order valence-electron chi connectivity index (χ4n) is 3.22. The van der Waals surface area contributed by atoms with Crippen molar-refractivity contribution in [2.24, 2.45) is 0 Å². The Balaban J connectivity index is 1.65. The molecular weight excluding hydrogens is 446 g/mol. The number of carboxylic acids is 1. The summed E-state index contributed by atoms with van der Waals surface area (Å²) < 4.78 is 25.0. The summed E-state index contributed by atoms with van der Waals surface area (Å²) in [6.07, 6.45) is 4.34. The minimum Gasteiger partial charge on any atom is -0.478 e. The van der Waals surface area contributed by atoms with E-state index >= 15 is 0 Å². The van der Waals surface area contributed by atoms with Crippen LogP contribution in [-0.4, -0.2) is 52.7 Å². The zero-order valence-electron chi connectivity index (χ0n) is 17.8. The molecule has 0 aliphatic heterocycles. The summed E-state index contributed by atoms with van der Waals surface area (Å²) in [5.41, 5.74) is 2.15. The van der Waals surface area contributed by atoms with Crippen molar-refractivity contribution in [3.8, 4) is 0 Å². The molecule has 0 atom stereocenters. The van der Waals surface area contributed by atoms with Gasteiger partial charge in [0.1, 0.15) is 5.65 Å². The summed E-state index contributed by atoms with van der Waals surface area (Å²) in [7, 11) is -2.07. The molecule has 0 saturated heterocycles. The average Bonchev–Trinajstić information content (AvgIpc) is 3.25. The number of rotatable bonds is 8. The van der Waals surface area contributed by atoms with Crippen LogP contribution in [0.15, 0.2) is 54.9 Å². The van der Waals surface area contributed by atoms with Gasteiger partial charge in [0.05, 0.1) is 35.4 Å². The highest BCUT2D eigenvalue weighted by atomic mass is 32.2. The van der Waals surface area contributed by atoms with Crippen LogP contribution in [0.25, 0.3) is 11.0 Å². The summed E-state index contributed by atoms with van der Waals surface area (Å²) in [5, 5.41) is 16.4. The largest absolute Gasteiger partial charge is 0.478 e. The molecule has 0 aliphatic rings. The van der Waals surface area contributed by atoms with Gasteiger partial charge in [0, 0.05) is 24.8 Å². The van der Waals surface area contributed by atoms with Gasteiger partial charge in [0.15, 0.2) is 5.82 Å². The molecule has 3 heterocycles. The maximum Gasteiger partial charge on any atom is 0.337 e. The zero-order valence-corrected chi connectivity index (χ0v) is 18.6. The predicted molar refractivity (Wildman–Crippen MR) is 125 cm³/mol. The quantitative estimate of drug-likeness (QED) is 0.306. The molecule has 0 aliphatic carbocycles. The van der Waals surface area contributed by atoms with Crippen molar-refractivity contribution < 1.29 is 18.3 Å². The van der Waals surface area contributed by atoms with Crippen LogP contribution in [0.2, 0.25) is 0 Å². The van der Waals surface area contributed by atoms with Gasteiger partial charge in [-0.2, -0.15) is 4.98 Å². The number of para-hydroxylation sites is 1. The van der Waals surface area contributed by atoms with E-state index in [1.807, 2.05) is 6.07 Å². The number of anilines is 4. The molecule has 0 unspecified atom stereocenters. The van der Waals surface area contributed by atoms with Crippen LogP contribution >= 0.6 is 0 Å². The number of hydrogen-bond donors (Lipinski definition) is 4. The molecule has 4 rings (SSSR count). The first-order valence-electron chi connectivity index (χ1n) is 9.80. The van der Waals surface area contributed by atoms with E-state index < -0.39 is 16.0 Å². The molecule has 170 valence electrons.